The van der Waals surface area contributed by atoms with Gasteiger partial charge in [0.1, 0.15) is 5.75 Å². The fourth-order valence-corrected chi connectivity index (χ4v) is 2.61. The number of hydrogen-bond acceptors (Lipinski definition) is 7. The fraction of sp³-hybridized carbons (Fsp3) is 0. The van der Waals surface area contributed by atoms with Gasteiger partial charge in [0.25, 0.3) is 5.69 Å². The minimum atomic E-state index is -0.984. The summed E-state index contributed by atoms with van der Waals surface area (Å²) in [5, 5.41) is 17.3. The van der Waals surface area contributed by atoms with E-state index < -0.39 is 22.7 Å². The second kappa shape index (κ2) is 10.6. The van der Waals surface area contributed by atoms with E-state index in [9.17, 15) is 24.5 Å². The number of nitrogens with one attached hydrogen (secondary N) is 2. The van der Waals surface area contributed by atoms with Crippen LogP contribution in [0.4, 0.5) is 11.4 Å². The summed E-state index contributed by atoms with van der Waals surface area (Å²) in [6.45, 7) is 0. The Balaban J connectivity index is 1.56. The molecule has 0 aromatic heterocycles. The first-order valence-corrected chi connectivity index (χ1v) is 9.66. The van der Waals surface area contributed by atoms with Crippen molar-refractivity contribution in [1.82, 2.24) is 5.43 Å². The largest absolute Gasteiger partial charge is 0.423 e. The highest BCUT2D eigenvalue weighted by atomic mass is 35.5. The van der Waals surface area contributed by atoms with E-state index in [1.807, 2.05) is 0 Å². The number of hydrogen-bond donors (Lipinski definition) is 2. The number of carbonyl (C=O) groups excluding carboxylic acids is 3. The molecule has 0 aliphatic carbocycles. The van der Waals surface area contributed by atoms with E-state index in [0.29, 0.717) is 16.3 Å². The Labute approximate surface area is 192 Å². The molecule has 33 heavy (non-hydrogen) atoms. The van der Waals surface area contributed by atoms with E-state index in [1.165, 1.54) is 42.6 Å². The van der Waals surface area contributed by atoms with Gasteiger partial charge < -0.3 is 10.1 Å². The maximum Gasteiger partial charge on any atom is 0.343 e. The Morgan fingerprint density at radius 1 is 0.970 bits per heavy atom. The van der Waals surface area contributed by atoms with Crippen LogP contribution in [0.15, 0.2) is 77.9 Å². The van der Waals surface area contributed by atoms with E-state index in [4.69, 9.17) is 16.3 Å². The van der Waals surface area contributed by atoms with E-state index in [0.717, 1.165) is 0 Å². The van der Waals surface area contributed by atoms with E-state index in [1.54, 1.807) is 36.4 Å². The number of esters is 1. The first kappa shape index (κ1) is 23.1. The topological polar surface area (TPSA) is 140 Å². The van der Waals surface area contributed by atoms with Crippen LogP contribution in [0.2, 0.25) is 5.02 Å². The predicted molar refractivity (Wildman–Crippen MR) is 120 cm³/mol. The Morgan fingerprint density at radius 2 is 1.67 bits per heavy atom. The molecule has 11 heteroatoms. The molecule has 2 amide bonds. The van der Waals surface area contributed by atoms with Gasteiger partial charge in [-0.1, -0.05) is 23.7 Å². The van der Waals surface area contributed by atoms with E-state index >= 15 is 0 Å². The van der Waals surface area contributed by atoms with Crippen molar-refractivity contribution in [2.45, 2.75) is 0 Å². The van der Waals surface area contributed by atoms with Crippen LogP contribution in [-0.2, 0) is 9.59 Å². The number of nitrogens with zero attached hydrogens (tertiary/aromatic N) is 2. The molecule has 10 nitrogen and oxygen atoms in total. The second-order valence-electron chi connectivity index (χ2n) is 6.43. The van der Waals surface area contributed by atoms with Crippen molar-refractivity contribution < 1.29 is 24.0 Å². The quantitative estimate of drug-likeness (QED) is 0.142. The summed E-state index contributed by atoms with van der Waals surface area (Å²) in [7, 11) is 0. The molecule has 0 heterocycles. The molecule has 166 valence electrons. The summed E-state index contributed by atoms with van der Waals surface area (Å²) in [5.74, 6) is -2.41. The number of ether oxygens (including phenoxy) is 1. The maximum absolute atomic E-state index is 12.2. The van der Waals surface area contributed by atoms with Gasteiger partial charge in [-0.05, 0) is 54.1 Å². The summed E-state index contributed by atoms with van der Waals surface area (Å²) in [5.41, 5.74) is 2.95. The monoisotopic (exact) mass is 466 g/mol. The molecule has 0 spiro atoms. The van der Waals surface area contributed by atoms with Crippen molar-refractivity contribution in [3.63, 3.8) is 0 Å². The van der Waals surface area contributed by atoms with Crippen molar-refractivity contribution in [3.05, 3.63) is 99.1 Å². The molecule has 0 unspecified atom stereocenters. The van der Waals surface area contributed by atoms with Crippen molar-refractivity contribution >= 4 is 47.0 Å². The van der Waals surface area contributed by atoms with E-state index in [2.05, 4.69) is 15.8 Å². The molecular weight excluding hydrogens is 452 g/mol. The maximum atomic E-state index is 12.2. The number of nitro groups is 1. The molecule has 3 aromatic carbocycles. The molecule has 2 N–H and O–H groups in total. The first-order valence-electron chi connectivity index (χ1n) is 9.28. The van der Waals surface area contributed by atoms with Gasteiger partial charge in [0, 0.05) is 22.8 Å². The van der Waals surface area contributed by atoms with Gasteiger partial charge >= 0.3 is 17.8 Å². The van der Waals surface area contributed by atoms with Crippen LogP contribution in [0.25, 0.3) is 0 Å². The van der Waals surface area contributed by atoms with Gasteiger partial charge in [0.05, 0.1) is 16.7 Å². The van der Waals surface area contributed by atoms with Gasteiger partial charge in [0.2, 0.25) is 0 Å². The number of carbonyl (C=O) groups is 3. The highest BCUT2D eigenvalue weighted by Crippen LogP contribution is 2.17. The number of nitro benzene ring substituents is 1. The summed E-state index contributed by atoms with van der Waals surface area (Å²) < 4.78 is 5.25. The van der Waals surface area contributed by atoms with Crippen LogP contribution in [0, 0.1) is 10.1 Å². The van der Waals surface area contributed by atoms with Gasteiger partial charge in [-0.25, -0.2) is 10.2 Å². The third-order valence-electron chi connectivity index (χ3n) is 4.07. The number of hydrazone groups is 1. The molecule has 0 aliphatic rings. The molecule has 0 saturated carbocycles. The summed E-state index contributed by atoms with van der Waals surface area (Å²) in [4.78, 5) is 46.1. The predicted octanol–water partition coefficient (Wildman–Crippen LogP) is 3.56. The lowest BCUT2D eigenvalue weighted by Crippen LogP contribution is -2.32. The average Bonchev–Trinajstić information content (AvgIpc) is 2.80. The van der Waals surface area contributed by atoms with Crippen LogP contribution in [0.1, 0.15) is 15.9 Å². The number of amides is 2. The SMILES string of the molecule is O=C(N/N=C/c1cccc(OC(=O)c2ccc([N+](=O)[O-])cc2)c1)C(=O)Nc1ccc(Cl)cc1. The lowest BCUT2D eigenvalue weighted by Gasteiger charge is -2.05. The first-order chi connectivity index (χ1) is 15.8. The van der Waals surface area contributed by atoms with Crippen molar-refractivity contribution in [2.75, 3.05) is 5.32 Å². The number of rotatable bonds is 6. The Morgan fingerprint density at radius 3 is 2.33 bits per heavy atom. The zero-order valence-electron chi connectivity index (χ0n) is 16.7. The molecule has 0 fully saturated rings. The van der Waals surface area contributed by atoms with Gasteiger partial charge in [-0.2, -0.15) is 5.10 Å². The molecule has 0 saturated heterocycles. The molecule has 0 atom stereocenters. The lowest BCUT2D eigenvalue weighted by atomic mass is 10.2. The average molecular weight is 467 g/mol. The van der Waals surface area contributed by atoms with Crippen LogP contribution in [-0.4, -0.2) is 28.9 Å². The molecule has 0 radical (unpaired) electrons. The molecule has 3 aromatic rings. The van der Waals surface area contributed by atoms with Gasteiger partial charge in [-0.3, -0.25) is 19.7 Å². The Hall–Kier alpha value is -4.57. The van der Waals surface area contributed by atoms with E-state index in [-0.39, 0.29) is 17.0 Å². The highest BCUT2D eigenvalue weighted by Gasteiger charge is 2.13. The van der Waals surface area contributed by atoms with Crippen LogP contribution in [0.3, 0.4) is 0 Å². The summed E-state index contributed by atoms with van der Waals surface area (Å²) in [6.07, 6.45) is 1.26. The standard InChI is InChI=1S/C22H15ClN4O6/c23-16-6-8-17(9-7-16)25-20(28)21(29)26-24-13-14-2-1-3-19(12-14)33-22(30)15-4-10-18(11-5-15)27(31)32/h1-13H,(H,25,28)(H,26,29)/b24-13+. The summed E-state index contributed by atoms with van der Waals surface area (Å²) >= 11 is 5.76. The lowest BCUT2D eigenvalue weighted by molar-refractivity contribution is -0.384. The van der Waals surface area contributed by atoms with Gasteiger partial charge in [0.15, 0.2) is 0 Å². The zero-order chi connectivity index (χ0) is 23.8. The number of non-ortho nitro benzene ring substituents is 1. The molecule has 0 bridgehead atoms. The minimum Gasteiger partial charge on any atom is -0.423 e. The Kier molecular flexibility index (Phi) is 7.45. The second-order valence-corrected chi connectivity index (χ2v) is 6.86. The van der Waals surface area contributed by atoms with Gasteiger partial charge in [-0.15, -0.1) is 0 Å². The normalized spacial score (nSPS) is 10.5. The highest BCUT2D eigenvalue weighted by molar-refractivity contribution is 6.39. The van der Waals surface area contributed by atoms with Crippen molar-refractivity contribution in [1.29, 1.82) is 0 Å². The fourth-order valence-electron chi connectivity index (χ4n) is 2.48. The smallest absolute Gasteiger partial charge is 0.343 e. The molecule has 3 rings (SSSR count). The number of halogens is 1. The van der Waals surface area contributed by atoms with Crippen molar-refractivity contribution in [2.24, 2.45) is 5.10 Å². The third-order valence-corrected chi connectivity index (χ3v) is 4.32. The molecular formula is C22H15ClN4O6. The third kappa shape index (κ3) is 6.71. The van der Waals surface area contributed by atoms with Crippen LogP contribution < -0.4 is 15.5 Å². The Bertz CT molecular complexity index is 1230. The number of benzene rings is 3. The van der Waals surface area contributed by atoms with Crippen LogP contribution in [0.5, 0.6) is 5.75 Å². The minimum absolute atomic E-state index is 0.138. The van der Waals surface area contributed by atoms with Crippen molar-refractivity contribution in [3.8, 4) is 5.75 Å². The number of anilines is 1. The zero-order valence-corrected chi connectivity index (χ0v) is 17.5. The molecule has 0 aliphatic heterocycles. The van der Waals surface area contributed by atoms with Crippen LogP contribution >= 0.6 is 11.6 Å². The summed E-state index contributed by atoms with van der Waals surface area (Å²) in [6, 6.07) is 17.4.